The Morgan fingerprint density at radius 1 is 1.21 bits per heavy atom. The van der Waals surface area contributed by atoms with Crippen molar-refractivity contribution in [2.24, 2.45) is 0 Å². The van der Waals surface area contributed by atoms with Crippen molar-refractivity contribution in [3.8, 4) is 17.1 Å². The lowest BCUT2D eigenvalue weighted by Gasteiger charge is -2.19. The Labute approximate surface area is 109 Å². The topological polar surface area (TPSA) is 83.6 Å². The van der Waals surface area contributed by atoms with Crippen LogP contribution in [0.3, 0.4) is 0 Å². The van der Waals surface area contributed by atoms with Crippen LogP contribution in [0, 0.1) is 0 Å². The van der Waals surface area contributed by atoms with Gasteiger partial charge in [0, 0.05) is 11.6 Å². The van der Waals surface area contributed by atoms with Crippen molar-refractivity contribution in [2.45, 2.75) is 25.7 Å². The van der Waals surface area contributed by atoms with Gasteiger partial charge in [-0.25, -0.2) is 4.79 Å². The summed E-state index contributed by atoms with van der Waals surface area (Å²) in [7, 11) is 0. The van der Waals surface area contributed by atoms with Gasteiger partial charge < -0.3 is 14.7 Å². The molecule has 3 rings (SSSR count). The third kappa shape index (κ3) is 1.97. The minimum absolute atomic E-state index is 0.104. The van der Waals surface area contributed by atoms with Crippen LogP contribution in [0.5, 0.6) is 5.75 Å². The fourth-order valence-electron chi connectivity index (χ4n) is 2.58. The van der Waals surface area contributed by atoms with E-state index in [9.17, 15) is 9.90 Å². The number of benzene rings is 1. The fraction of sp³-hybridized carbons (Fsp3) is 0.286. The number of carboxylic acids is 1. The van der Waals surface area contributed by atoms with Gasteiger partial charge in [0.1, 0.15) is 5.75 Å². The highest BCUT2D eigenvalue weighted by Crippen LogP contribution is 2.36. The van der Waals surface area contributed by atoms with E-state index < -0.39 is 5.97 Å². The van der Waals surface area contributed by atoms with Crippen LogP contribution in [-0.4, -0.2) is 21.3 Å². The van der Waals surface area contributed by atoms with Gasteiger partial charge in [0.15, 0.2) is 11.5 Å². The van der Waals surface area contributed by atoms with Crippen molar-refractivity contribution in [1.29, 1.82) is 0 Å². The number of nitrogens with zero attached hydrogens (tertiary/aromatic N) is 1. The maximum atomic E-state index is 10.8. The van der Waals surface area contributed by atoms with Gasteiger partial charge in [-0.3, -0.25) is 0 Å². The van der Waals surface area contributed by atoms with Crippen LogP contribution in [0.25, 0.3) is 11.3 Å². The zero-order valence-corrected chi connectivity index (χ0v) is 10.2. The van der Waals surface area contributed by atoms with Crippen molar-refractivity contribution in [3.63, 3.8) is 0 Å². The molecule has 1 aliphatic rings. The van der Waals surface area contributed by atoms with Crippen molar-refractivity contribution in [3.05, 3.63) is 35.0 Å². The molecule has 0 saturated carbocycles. The van der Waals surface area contributed by atoms with E-state index in [-0.39, 0.29) is 5.69 Å². The lowest BCUT2D eigenvalue weighted by atomic mass is 9.87. The van der Waals surface area contributed by atoms with E-state index in [0.717, 1.165) is 42.4 Å². The average Bonchev–Trinajstić information content (AvgIpc) is 2.89. The van der Waals surface area contributed by atoms with Gasteiger partial charge >= 0.3 is 5.97 Å². The summed E-state index contributed by atoms with van der Waals surface area (Å²) >= 11 is 0. The van der Waals surface area contributed by atoms with Gasteiger partial charge in [-0.05, 0) is 48.9 Å². The maximum Gasteiger partial charge on any atom is 0.358 e. The molecule has 0 fully saturated rings. The highest BCUT2D eigenvalue weighted by molar-refractivity contribution is 5.86. The molecule has 0 atom stereocenters. The first kappa shape index (κ1) is 11.8. The number of hydrogen-bond acceptors (Lipinski definition) is 4. The molecule has 0 saturated heterocycles. The van der Waals surface area contributed by atoms with Crippen LogP contribution in [0.1, 0.15) is 34.5 Å². The molecule has 5 nitrogen and oxygen atoms in total. The number of rotatable bonds is 2. The molecular weight excluding hydrogens is 246 g/mol. The van der Waals surface area contributed by atoms with Crippen LogP contribution >= 0.6 is 0 Å². The number of aromatic hydroxyl groups is 1. The van der Waals surface area contributed by atoms with E-state index in [4.69, 9.17) is 9.63 Å². The Kier molecular flexibility index (Phi) is 2.74. The number of fused-ring (bicyclic) bond motifs is 1. The second-order valence-corrected chi connectivity index (χ2v) is 4.68. The van der Waals surface area contributed by atoms with Crippen LogP contribution in [0.4, 0.5) is 0 Å². The SMILES string of the molecule is O=C(O)c1cc(-c2ccc(O)c3c2CCCC3)on1. The summed E-state index contributed by atoms with van der Waals surface area (Å²) in [4.78, 5) is 10.8. The minimum Gasteiger partial charge on any atom is -0.508 e. The molecular formula is C14H13NO4. The Hall–Kier alpha value is -2.30. The van der Waals surface area contributed by atoms with E-state index >= 15 is 0 Å². The fourth-order valence-corrected chi connectivity index (χ4v) is 2.58. The Morgan fingerprint density at radius 2 is 1.95 bits per heavy atom. The quantitative estimate of drug-likeness (QED) is 0.866. The molecule has 0 amide bonds. The molecule has 0 aliphatic heterocycles. The lowest BCUT2D eigenvalue weighted by Crippen LogP contribution is -2.04. The summed E-state index contributed by atoms with van der Waals surface area (Å²) in [5.41, 5.74) is 2.71. The zero-order valence-electron chi connectivity index (χ0n) is 10.2. The van der Waals surface area contributed by atoms with Gasteiger partial charge in [-0.1, -0.05) is 5.16 Å². The molecule has 2 N–H and O–H groups in total. The van der Waals surface area contributed by atoms with Crippen LogP contribution in [0.2, 0.25) is 0 Å². The molecule has 0 spiro atoms. The number of carbonyl (C=O) groups is 1. The van der Waals surface area contributed by atoms with Crippen LogP contribution in [0.15, 0.2) is 22.7 Å². The number of phenolic OH excluding ortho intramolecular Hbond substituents is 1. The molecule has 0 bridgehead atoms. The summed E-state index contributed by atoms with van der Waals surface area (Å²) < 4.78 is 5.11. The standard InChI is InChI=1S/C14H13NO4/c16-12-6-5-10(8-3-1-2-4-9(8)12)13-7-11(14(17)18)15-19-13/h5-7,16H,1-4H2,(H,17,18). The number of carboxylic acid groups (broad SMARTS) is 1. The van der Waals surface area contributed by atoms with Crippen LogP contribution in [-0.2, 0) is 12.8 Å². The first-order chi connectivity index (χ1) is 9.16. The summed E-state index contributed by atoms with van der Waals surface area (Å²) in [6.07, 6.45) is 3.82. The zero-order chi connectivity index (χ0) is 13.4. The highest BCUT2D eigenvalue weighted by atomic mass is 16.5. The third-order valence-electron chi connectivity index (χ3n) is 3.50. The summed E-state index contributed by atoms with van der Waals surface area (Å²) in [6, 6.07) is 4.80. The maximum absolute atomic E-state index is 10.8. The highest BCUT2D eigenvalue weighted by Gasteiger charge is 2.21. The molecule has 1 heterocycles. The second-order valence-electron chi connectivity index (χ2n) is 4.68. The van der Waals surface area contributed by atoms with Crippen LogP contribution < -0.4 is 0 Å². The molecule has 2 aromatic rings. The first-order valence-corrected chi connectivity index (χ1v) is 6.21. The molecule has 1 aromatic heterocycles. The largest absolute Gasteiger partial charge is 0.508 e. The molecule has 0 radical (unpaired) electrons. The van der Waals surface area contributed by atoms with Gasteiger partial charge in [0.2, 0.25) is 0 Å². The third-order valence-corrected chi connectivity index (χ3v) is 3.50. The first-order valence-electron chi connectivity index (χ1n) is 6.21. The molecule has 98 valence electrons. The minimum atomic E-state index is -1.11. The lowest BCUT2D eigenvalue weighted by molar-refractivity contribution is 0.0686. The average molecular weight is 259 g/mol. The van der Waals surface area contributed by atoms with Gasteiger partial charge in [-0.2, -0.15) is 0 Å². The van der Waals surface area contributed by atoms with Crippen molar-refractivity contribution in [2.75, 3.05) is 0 Å². The van der Waals surface area contributed by atoms with Crippen molar-refractivity contribution in [1.82, 2.24) is 5.16 Å². The second kappa shape index (κ2) is 4.42. The van der Waals surface area contributed by atoms with E-state index in [0.29, 0.717) is 11.5 Å². The van der Waals surface area contributed by atoms with E-state index in [1.807, 2.05) is 0 Å². The van der Waals surface area contributed by atoms with Crippen molar-refractivity contribution >= 4 is 5.97 Å². The summed E-state index contributed by atoms with van der Waals surface area (Å²) in [5.74, 6) is -0.366. The Bertz CT molecular complexity index is 645. The molecule has 1 aliphatic carbocycles. The summed E-state index contributed by atoms with van der Waals surface area (Å²) in [5, 5.41) is 22.3. The predicted octanol–water partition coefficient (Wildman–Crippen LogP) is 2.62. The molecule has 5 heteroatoms. The van der Waals surface area contributed by atoms with Gasteiger partial charge in [0.25, 0.3) is 0 Å². The Morgan fingerprint density at radius 3 is 2.63 bits per heavy atom. The van der Waals surface area contributed by atoms with Crippen molar-refractivity contribution < 1.29 is 19.5 Å². The van der Waals surface area contributed by atoms with Gasteiger partial charge in [0.05, 0.1) is 0 Å². The number of aromatic carboxylic acids is 1. The summed E-state index contributed by atoms with van der Waals surface area (Å²) in [6.45, 7) is 0. The van der Waals surface area contributed by atoms with E-state index in [2.05, 4.69) is 5.16 Å². The Balaban J connectivity index is 2.11. The number of hydrogen-bond donors (Lipinski definition) is 2. The smallest absolute Gasteiger partial charge is 0.358 e. The van der Waals surface area contributed by atoms with E-state index in [1.165, 1.54) is 6.07 Å². The van der Waals surface area contributed by atoms with Gasteiger partial charge in [-0.15, -0.1) is 0 Å². The monoisotopic (exact) mass is 259 g/mol. The molecule has 19 heavy (non-hydrogen) atoms. The molecule has 1 aromatic carbocycles. The number of aromatic nitrogens is 1. The predicted molar refractivity (Wildman–Crippen MR) is 67.2 cm³/mol. The number of phenols is 1. The van der Waals surface area contributed by atoms with E-state index in [1.54, 1.807) is 12.1 Å². The molecule has 0 unspecified atom stereocenters. The normalized spacial score (nSPS) is 14.1.